The van der Waals surface area contributed by atoms with Gasteiger partial charge >= 0.3 is 0 Å². The molecule has 0 saturated heterocycles. The van der Waals surface area contributed by atoms with Gasteiger partial charge in [-0.1, -0.05) is 13.8 Å². The standard InChI is InChI=1S/C9H17N3O/c1-3-9(4-2)12-6-5-8(11-12)7-13-10/h5-6,9H,3-4,7,10H2,1-2H3. The highest BCUT2D eigenvalue weighted by molar-refractivity contribution is 4.97. The highest BCUT2D eigenvalue weighted by atomic mass is 16.6. The average molecular weight is 183 g/mol. The van der Waals surface area contributed by atoms with E-state index in [1.165, 1.54) is 0 Å². The van der Waals surface area contributed by atoms with Gasteiger partial charge in [-0.3, -0.25) is 9.52 Å². The summed E-state index contributed by atoms with van der Waals surface area (Å²) in [5.74, 6) is 4.96. The molecule has 74 valence electrons. The normalized spacial score (nSPS) is 11.1. The summed E-state index contributed by atoms with van der Waals surface area (Å²) in [5, 5.41) is 4.35. The number of aromatic nitrogens is 2. The van der Waals surface area contributed by atoms with E-state index in [0.717, 1.165) is 18.5 Å². The molecule has 0 aliphatic rings. The monoisotopic (exact) mass is 183 g/mol. The van der Waals surface area contributed by atoms with E-state index in [1.54, 1.807) is 0 Å². The Labute approximate surface area is 78.6 Å². The van der Waals surface area contributed by atoms with Crippen molar-refractivity contribution in [3.8, 4) is 0 Å². The molecule has 0 aliphatic carbocycles. The van der Waals surface area contributed by atoms with Crippen LogP contribution in [0.4, 0.5) is 0 Å². The van der Waals surface area contributed by atoms with E-state index in [-0.39, 0.29) is 0 Å². The molecule has 1 aromatic heterocycles. The quantitative estimate of drug-likeness (QED) is 0.706. The van der Waals surface area contributed by atoms with Gasteiger partial charge in [-0.25, -0.2) is 5.90 Å². The maximum absolute atomic E-state index is 4.96. The minimum atomic E-state index is 0.382. The molecule has 1 heterocycles. The van der Waals surface area contributed by atoms with Crippen LogP contribution in [0.25, 0.3) is 0 Å². The van der Waals surface area contributed by atoms with E-state index < -0.39 is 0 Å². The Balaban J connectivity index is 2.66. The van der Waals surface area contributed by atoms with Crippen molar-refractivity contribution in [2.24, 2.45) is 5.90 Å². The van der Waals surface area contributed by atoms with Gasteiger partial charge in [0.1, 0.15) is 6.61 Å². The van der Waals surface area contributed by atoms with E-state index in [9.17, 15) is 0 Å². The van der Waals surface area contributed by atoms with Crippen LogP contribution in [0, 0.1) is 0 Å². The molecule has 1 aromatic rings. The zero-order valence-electron chi connectivity index (χ0n) is 8.23. The molecular formula is C9H17N3O. The summed E-state index contributed by atoms with van der Waals surface area (Å²) in [5.41, 5.74) is 0.884. The third kappa shape index (κ3) is 2.54. The van der Waals surface area contributed by atoms with Crippen LogP contribution < -0.4 is 5.90 Å². The number of hydrogen-bond donors (Lipinski definition) is 1. The van der Waals surface area contributed by atoms with Gasteiger partial charge in [0.2, 0.25) is 0 Å². The Hall–Kier alpha value is -0.870. The Morgan fingerprint density at radius 1 is 1.54 bits per heavy atom. The van der Waals surface area contributed by atoms with Crippen molar-refractivity contribution < 1.29 is 4.84 Å². The van der Waals surface area contributed by atoms with Gasteiger partial charge in [0.15, 0.2) is 0 Å². The highest BCUT2D eigenvalue weighted by Crippen LogP contribution is 2.14. The van der Waals surface area contributed by atoms with Crippen molar-refractivity contribution in [1.82, 2.24) is 9.78 Å². The number of nitrogens with zero attached hydrogens (tertiary/aromatic N) is 2. The molecular weight excluding hydrogens is 166 g/mol. The topological polar surface area (TPSA) is 53.1 Å². The van der Waals surface area contributed by atoms with Crippen LogP contribution in [0.1, 0.15) is 38.4 Å². The maximum atomic E-state index is 4.96. The van der Waals surface area contributed by atoms with Gasteiger partial charge in [0.05, 0.1) is 11.7 Å². The molecule has 2 N–H and O–H groups in total. The average Bonchev–Trinajstić information content (AvgIpc) is 2.56. The predicted octanol–water partition coefficient (Wildman–Crippen LogP) is 1.63. The fourth-order valence-corrected chi connectivity index (χ4v) is 1.41. The lowest BCUT2D eigenvalue weighted by atomic mass is 10.2. The van der Waals surface area contributed by atoms with Crippen LogP contribution >= 0.6 is 0 Å². The minimum Gasteiger partial charge on any atom is -0.298 e. The molecule has 13 heavy (non-hydrogen) atoms. The molecule has 0 spiro atoms. The van der Waals surface area contributed by atoms with Crippen molar-refractivity contribution in [1.29, 1.82) is 0 Å². The second-order valence-electron chi connectivity index (χ2n) is 3.07. The highest BCUT2D eigenvalue weighted by Gasteiger charge is 2.07. The predicted molar refractivity (Wildman–Crippen MR) is 50.8 cm³/mol. The van der Waals surface area contributed by atoms with Gasteiger partial charge in [-0.2, -0.15) is 5.10 Å². The second kappa shape index (κ2) is 4.99. The lowest BCUT2D eigenvalue weighted by molar-refractivity contribution is 0.120. The minimum absolute atomic E-state index is 0.382. The maximum Gasteiger partial charge on any atom is 0.112 e. The summed E-state index contributed by atoms with van der Waals surface area (Å²) in [6, 6.07) is 2.43. The lowest BCUT2D eigenvalue weighted by Crippen LogP contribution is -2.08. The van der Waals surface area contributed by atoms with Gasteiger partial charge < -0.3 is 0 Å². The van der Waals surface area contributed by atoms with E-state index >= 15 is 0 Å². The summed E-state index contributed by atoms with van der Waals surface area (Å²) < 4.78 is 1.98. The Kier molecular flexibility index (Phi) is 3.92. The molecule has 0 aromatic carbocycles. The molecule has 4 heteroatoms. The van der Waals surface area contributed by atoms with Crippen molar-refractivity contribution in [3.05, 3.63) is 18.0 Å². The molecule has 4 nitrogen and oxygen atoms in total. The van der Waals surface area contributed by atoms with Gasteiger partial charge in [0.25, 0.3) is 0 Å². The molecule has 0 unspecified atom stereocenters. The smallest absolute Gasteiger partial charge is 0.112 e. The number of rotatable bonds is 5. The third-order valence-electron chi connectivity index (χ3n) is 2.21. The molecule has 0 bridgehead atoms. The van der Waals surface area contributed by atoms with Crippen molar-refractivity contribution in [2.75, 3.05) is 0 Å². The van der Waals surface area contributed by atoms with Crippen molar-refractivity contribution in [3.63, 3.8) is 0 Å². The molecule has 0 saturated carbocycles. The zero-order chi connectivity index (χ0) is 9.68. The summed E-state index contributed by atoms with van der Waals surface area (Å²) in [4.78, 5) is 4.51. The Bertz CT molecular complexity index is 243. The zero-order valence-corrected chi connectivity index (χ0v) is 8.23. The van der Waals surface area contributed by atoms with E-state index in [1.807, 2.05) is 16.9 Å². The van der Waals surface area contributed by atoms with E-state index in [0.29, 0.717) is 12.6 Å². The third-order valence-corrected chi connectivity index (χ3v) is 2.21. The van der Waals surface area contributed by atoms with Gasteiger partial charge in [-0.15, -0.1) is 0 Å². The van der Waals surface area contributed by atoms with Crippen LogP contribution in [0.15, 0.2) is 12.3 Å². The number of nitrogens with two attached hydrogens (primary N) is 1. The van der Waals surface area contributed by atoms with Crippen LogP contribution in [-0.4, -0.2) is 9.78 Å². The molecule has 0 atom stereocenters. The first-order valence-electron chi connectivity index (χ1n) is 4.67. The lowest BCUT2D eigenvalue weighted by Gasteiger charge is -2.12. The van der Waals surface area contributed by atoms with Gasteiger partial charge in [-0.05, 0) is 18.9 Å². The molecule has 0 radical (unpaired) electrons. The fraction of sp³-hybridized carbons (Fsp3) is 0.667. The second-order valence-corrected chi connectivity index (χ2v) is 3.07. The Morgan fingerprint density at radius 3 is 2.77 bits per heavy atom. The largest absolute Gasteiger partial charge is 0.298 e. The van der Waals surface area contributed by atoms with Crippen LogP contribution in [0.3, 0.4) is 0 Å². The first-order chi connectivity index (χ1) is 6.31. The van der Waals surface area contributed by atoms with Crippen molar-refractivity contribution in [2.45, 2.75) is 39.3 Å². The Morgan fingerprint density at radius 2 is 2.23 bits per heavy atom. The van der Waals surface area contributed by atoms with Crippen LogP contribution in [0.2, 0.25) is 0 Å². The molecule has 1 rings (SSSR count). The summed E-state index contributed by atoms with van der Waals surface area (Å²) in [6.45, 7) is 4.71. The van der Waals surface area contributed by atoms with E-state index in [4.69, 9.17) is 5.90 Å². The van der Waals surface area contributed by atoms with Gasteiger partial charge in [0, 0.05) is 6.20 Å². The fourth-order valence-electron chi connectivity index (χ4n) is 1.41. The first kappa shape index (κ1) is 10.2. The van der Waals surface area contributed by atoms with Crippen LogP contribution in [-0.2, 0) is 11.4 Å². The molecule has 0 aliphatic heterocycles. The number of hydrogen-bond acceptors (Lipinski definition) is 3. The summed E-state index contributed by atoms with van der Waals surface area (Å²) >= 11 is 0. The van der Waals surface area contributed by atoms with E-state index in [2.05, 4.69) is 23.8 Å². The van der Waals surface area contributed by atoms with Crippen LogP contribution in [0.5, 0.6) is 0 Å². The summed E-state index contributed by atoms with van der Waals surface area (Å²) in [6.07, 6.45) is 4.17. The first-order valence-corrected chi connectivity index (χ1v) is 4.67. The van der Waals surface area contributed by atoms with Crippen molar-refractivity contribution >= 4 is 0 Å². The SMILES string of the molecule is CCC(CC)n1ccc(CON)n1. The molecule has 0 amide bonds. The summed E-state index contributed by atoms with van der Waals surface area (Å²) in [7, 11) is 0. The molecule has 0 fully saturated rings.